The highest BCUT2D eigenvalue weighted by Crippen LogP contribution is 2.30. The summed E-state index contributed by atoms with van der Waals surface area (Å²) in [6.45, 7) is 17.4. The molecule has 0 aliphatic rings. The number of carboxylic acids is 1. The molecule has 26 heavy (non-hydrogen) atoms. The first-order valence-electron chi connectivity index (χ1n) is 8.17. The minimum atomic E-state index is -1.13. The molecule has 3 nitrogen and oxygen atoms in total. The molecule has 0 saturated heterocycles. The maximum atomic E-state index is 11.6. The van der Waals surface area contributed by atoms with Gasteiger partial charge in [0.2, 0.25) is 0 Å². The standard InChI is InChI=1S/C23H22O3/c1-13(2)19-9-7-17(11-21(19)14(3)4)15(5)18-8-10-20(16(6)24)22(12-18)23(25)26/h7-12H,1,3,5H2,2,4,6H3,(H,25,26). The molecule has 0 atom stereocenters. The molecule has 0 saturated carbocycles. The van der Waals surface area contributed by atoms with Crippen LogP contribution in [0, 0.1) is 0 Å². The molecular formula is C23H22O3. The Balaban J connectivity index is 2.56. The minimum absolute atomic E-state index is 0.0187. The van der Waals surface area contributed by atoms with Gasteiger partial charge >= 0.3 is 5.97 Å². The smallest absolute Gasteiger partial charge is 0.336 e. The van der Waals surface area contributed by atoms with Gasteiger partial charge in [0.15, 0.2) is 5.78 Å². The molecule has 0 unspecified atom stereocenters. The van der Waals surface area contributed by atoms with Crippen molar-refractivity contribution in [2.45, 2.75) is 20.8 Å². The zero-order valence-corrected chi connectivity index (χ0v) is 15.3. The number of rotatable bonds is 6. The number of ketones is 1. The van der Waals surface area contributed by atoms with Gasteiger partial charge < -0.3 is 5.11 Å². The summed E-state index contributed by atoms with van der Waals surface area (Å²) in [7, 11) is 0. The highest BCUT2D eigenvalue weighted by molar-refractivity contribution is 6.05. The van der Waals surface area contributed by atoms with E-state index in [0.717, 1.165) is 27.8 Å². The van der Waals surface area contributed by atoms with Crippen molar-refractivity contribution < 1.29 is 14.7 Å². The maximum absolute atomic E-state index is 11.6. The molecule has 0 aliphatic carbocycles. The van der Waals surface area contributed by atoms with Crippen molar-refractivity contribution in [2.24, 2.45) is 0 Å². The van der Waals surface area contributed by atoms with Gasteiger partial charge in [0, 0.05) is 5.56 Å². The van der Waals surface area contributed by atoms with Crippen LogP contribution in [0.3, 0.4) is 0 Å². The molecule has 2 aromatic carbocycles. The van der Waals surface area contributed by atoms with Crippen molar-refractivity contribution in [3.63, 3.8) is 0 Å². The van der Waals surface area contributed by atoms with Crippen LogP contribution in [-0.2, 0) is 0 Å². The predicted octanol–water partition coefficient (Wildman–Crippen LogP) is 5.72. The Labute approximate surface area is 154 Å². The van der Waals surface area contributed by atoms with E-state index in [1.165, 1.54) is 19.1 Å². The maximum Gasteiger partial charge on any atom is 0.336 e. The fraction of sp³-hybridized carbons (Fsp3) is 0.130. The minimum Gasteiger partial charge on any atom is -0.478 e. The first-order chi connectivity index (χ1) is 12.1. The van der Waals surface area contributed by atoms with Crippen LogP contribution < -0.4 is 0 Å². The average molecular weight is 346 g/mol. The Morgan fingerprint density at radius 1 is 0.731 bits per heavy atom. The van der Waals surface area contributed by atoms with Crippen LogP contribution in [0.1, 0.15) is 63.7 Å². The van der Waals surface area contributed by atoms with Gasteiger partial charge in [-0.1, -0.05) is 49.1 Å². The van der Waals surface area contributed by atoms with E-state index in [1.54, 1.807) is 6.07 Å². The van der Waals surface area contributed by atoms with E-state index in [1.807, 2.05) is 32.0 Å². The van der Waals surface area contributed by atoms with E-state index in [9.17, 15) is 14.7 Å². The van der Waals surface area contributed by atoms with Gasteiger partial charge in [-0.05, 0) is 66.8 Å². The monoisotopic (exact) mass is 346 g/mol. The van der Waals surface area contributed by atoms with Gasteiger partial charge in [-0.25, -0.2) is 4.79 Å². The molecule has 0 radical (unpaired) electrons. The van der Waals surface area contributed by atoms with E-state index < -0.39 is 5.97 Å². The Hall–Kier alpha value is -3.20. The number of aromatic carboxylic acids is 1. The summed E-state index contributed by atoms with van der Waals surface area (Å²) < 4.78 is 0. The summed E-state index contributed by atoms with van der Waals surface area (Å²) in [5, 5.41) is 9.40. The van der Waals surface area contributed by atoms with Crippen molar-refractivity contribution in [3.8, 4) is 0 Å². The van der Waals surface area contributed by atoms with Gasteiger partial charge in [0.05, 0.1) is 5.56 Å². The molecule has 0 aliphatic heterocycles. The van der Waals surface area contributed by atoms with E-state index in [-0.39, 0.29) is 16.9 Å². The lowest BCUT2D eigenvalue weighted by Gasteiger charge is -2.14. The van der Waals surface area contributed by atoms with Crippen LogP contribution in [0.25, 0.3) is 16.7 Å². The SMILES string of the molecule is C=C(c1ccc(C(=C)C)c(C(=C)C)c1)c1ccc(C(C)=O)c(C(=O)O)c1. The third-order valence-corrected chi connectivity index (χ3v) is 4.27. The number of benzene rings is 2. The quantitative estimate of drug-likeness (QED) is 0.681. The van der Waals surface area contributed by atoms with Gasteiger partial charge in [-0.2, -0.15) is 0 Å². The molecule has 132 valence electrons. The lowest BCUT2D eigenvalue weighted by Crippen LogP contribution is -2.07. The number of hydrogen-bond acceptors (Lipinski definition) is 2. The molecule has 0 bridgehead atoms. The van der Waals surface area contributed by atoms with Gasteiger partial charge in [0.1, 0.15) is 0 Å². The zero-order chi connectivity index (χ0) is 19.6. The Morgan fingerprint density at radius 3 is 1.62 bits per heavy atom. The first-order valence-corrected chi connectivity index (χ1v) is 8.17. The lowest BCUT2D eigenvalue weighted by atomic mass is 9.90. The van der Waals surface area contributed by atoms with E-state index in [4.69, 9.17) is 0 Å². The Morgan fingerprint density at radius 2 is 1.19 bits per heavy atom. The van der Waals surface area contributed by atoms with Crippen LogP contribution in [-0.4, -0.2) is 16.9 Å². The van der Waals surface area contributed by atoms with Crippen LogP contribution in [0.2, 0.25) is 0 Å². The topological polar surface area (TPSA) is 54.4 Å². The van der Waals surface area contributed by atoms with Crippen LogP contribution in [0.15, 0.2) is 56.1 Å². The van der Waals surface area contributed by atoms with Crippen molar-refractivity contribution in [3.05, 3.63) is 89.5 Å². The average Bonchev–Trinajstić information content (AvgIpc) is 2.59. The lowest BCUT2D eigenvalue weighted by molar-refractivity contribution is 0.0692. The van der Waals surface area contributed by atoms with Gasteiger partial charge in [0.25, 0.3) is 0 Å². The second-order valence-electron chi connectivity index (χ2n) is 6.42. The zero-order valence-electron chi connectivity index (χ0n) is 15.3. The summed E-state index contributed by atoms with van der Waals surface area (Å²) in [5.41, 5.74) is 6.22. The van der Waals surface area contributed by atoms with E-state index in [0.29, 0.717) is 11.1 Å². The summed E-state index contributed by atoms with van der Waals surface area (Å²) in [6.07, 6.45) is 0. The predicted molar refractivity (Wildman–Crippen MR) is 107 cm³/mol. The van der Waals surface area contributed by atoms with Crippen LogP contribution in [0.4, 0.5) is 0 Å². The Kier molecular flexibility index (Phi) is 5.41. The molecular weight excluding hydrogens is 324 g/mol. The van der Waals surface area contributed by atoms with Crippen molar-refractivity contribution in [1.29, 1.82) is 0 Å². The molecule has 0 aromatic heterocycles. The van der Waals surface area contributed by atoms with Crippen molar-refractivity contribution in [1.82, 2.24) is 0 Å². The molecule has 2 aromatic rings. The number of hydrogen-bond donors (Lipinski definition) is 1. The molecule has 0 amide bonds. The second kappa shape index (κ2) is 7.36. The third-order valence-electron chi connectivity index (χ3n) is 4.27. The highest BCUT2D eigenvalue weighted by atomic mass is 16.4. The van der Waals surface area contributed by atoms with Crippen molar-refractivity contribution in [2.75, 3.05) is 0 Å². The summed E-state index contributed by atoms with van der Waals surface area (Å²) in [5.74, 6) is -1.42. The summed E-state index contributed by atoms with van der Waals surface area (Å²) >= 11 is 0. The fourth-order valence-electron chi connectivity index (χ4n) is 2.84. The Bertz CT molecular complexity index is 884. The number of allylic oxidation sites excluding steroid dienone is 2. The molecule has 0 fully saturated rings. The largest absolute Gasteiger partial charge is 0.478 e. The van der Waals surface area contributed by atoms with E-state index >= 15 is 0 Å². The number of carbonyl (C=O) groups excluding carboxylic acids is 1. The number of carboxylic acid groups (broad SMARTS) is 1. The van der Waals surface area contributed by atoms with Gasteiger partial charge in [-0.15, -0.1) is 0 Å². The molecule has 1 N–H and O–H groups in total. The second-order valence-corrected chi connectivity index (χ2v) is 6.42. The molecule has 3 heteroatoms. The normalized spacial score (nSPS) is 10.3. The van der Waals surface area contributed by atoms with Crippen LogP contribution >= 0.6 is 0 Å². The summed E-state index contributed by atoms with van der Waals surface area (Å²) in [6, 6.07) is 10.6. The highest BCUT2D eigenvalue weighted by Gasteiger charge is 2.16. The summed E-state index contributed by atoms with van der Waals surface area (Å²) in [4.78, 5) is 23.1. The van der Waals surface area contributed by atoms with E-state index in [2.05, 4.69) is 19.7 Å². The third kappa shape index (κ3) is 3.72. The van der Waals surface area contributed by atoms with Gasteiger partial charge in [-0.3, -0.25) is 4.79 Å². The number of Topliss-reactive ketones (excluding diaryl/α,β-unsaturated/α-hetero) is 1. The number of carbonyl (C=O) groups is 2. The fourth-order valence-corrected chi connectivity index (χ4v) is 2.84. The molecule has 2 rings (SSSR count). The van der Waals surface area contributed by atoms with Crippen molar-refractivity contribution >= 4 is 28.5 Å². The molecule has 0 spiro atoms. The first kappa shape index (κ1) is 19.1. The molecule has 0 heterocycles. The van der Waals surface area contributed by atoms with Crippen LogP contribution in [0.5, 0.6) is 0 Å².